The predicted octanol–water partition coefficient (Wildman–Crippen LogP) is 1.00. The van der Waals surface area contributed by atoms with E-state index in [2.05, 4.69) is 10.6 Å². The standard InChI is InChI=1S/C14H17N3O5S/c1-3-22-12(18)10-11(15-13(23)16-14(10,2)19)8-4-6-9(7-5-8)17(20)21/h4-7,10-11,19H,3H2,1-2H3,(H2,15,16,23)/t10-,11+,14+/m1/s1. The Labute approximate surface area is 138 Å². The number of esters is 1. The molecule has 0 amide bonds. The minimum Gasteiger partial charge on any atom is -0.466 e. The van der Waals surface area contributed by atoms with Crippen LogP contribution in [-0.2, 0) is 9.53 Å². The van der Waals surface area contributed by atoms with Crippen LogP contribution >= 0.6 is 12.2 Å². The first-order valence-corrected chi connectivity index (χ1v) is 7.39. The van der Waals surface area contributed by atoms with Gasteiger partial charge in [-0.25, -0.2) is 0 Å². The first-order valence-electron chi connectivity index (χ1n) is 6.98. The van der Waals surface area contributed by atoms with Crippen LogP contribution in [0.1, 0.15) is 25.5 Å². The number of aliphatic hydroxyl groups is 1. The van der Waals surface area contributed by atoms with Crippen molar-refractivity contribution >= 4 is 29.0 Å². The number of nitrogens with one attached hydrogen (secondary N) is 2. The maximum atomic E-state index is 12.3. The Hall–Kier alpha value is -2.26. The van der Waals surface area contributed by atoms with Crippen molar-refractivity contribution in [2.45, 2.75) is 25.6 Å². The maximum absolute atomic E-state index is 12.3. The molecule has 0 bridgehead atoms. The average Bonchev–Trinajstić information content (AvgIpc) is 2.45. The lowest BCUT2D eigenvalue weighted by Crippen LogP contribution is -2.65. The van der Waals surface area contributed by atoms with Crippen LogP contribution in [0.2, 0.25) is 0 Å². The number of nitrogens with zero attached hydrogens (tertiary/aromatic N) is 1. The molecule has 1 aromatic carbocycles. The molecule has 1 fully saturated rings. The molecule has 2 rings (SSSR count). The van der Waals surface area contributed by atoms with Gasteiger partial charge in [0.2, 0.25) is 0 Å². The van der Waals surface area contributed by atoms with Crippen LogP contribution in [0, 0.1) is 16.0 Å². The second kappa shape index (κ2) is 6.47. The molecule has 0 unspecified atom stereocenters. The molecule has 1 aliphatic rings. The van der Waals surface area contributed by atoms with Crippen molar-refractivity contribution in [2.24, 2.45) is 5.92 Å². The van der Waals surface area contributed by atoms with E-state index < -0.39 is 28.6 Å². The Morgan fingerprint density at radius 2 is 2.09 bits per heavy atom. The van der Waals surface area contributed by atoms with Gasteiger partial charge in [0, 0.05) is 12.1 Å². The molecule has 124 valence electrons. The van der Waals surface area contributed by atoms with Crippen LogP contribution < -0.4 is 10.6 Å². The Morgan fingerprint density at radius 1 is 1.48 bits per heavy atom. The second-order valence-corrected chi connectivity index (χ2v) is 5.71. The number of nitro benzene ring substituents is 1. The Morgan fingerprint density at radius 3 is 2.61 bits per heavy atom. The first kappa shape index (κ1) is 17.1. The van der Waals surface area contributed by atoms with Gasteiger partial charge in [0.25, 0.3) is 5.69 Å². The van der Waals surface area contributed by atoms with Crippen molar-refractivity contribution in [1.29, 1.82) is 0 Å². The SMILES string of the molecule is CCOC(=O)[C@H]1[C@H](c2ccc([N+](=O)[O-])cc2)NC(=S)N[C@@]1(C)O. The highest BCUT2D eigenvalue weighted by Crippen LogP contribution is 2.34. The molecule has 23 heavy (non-hydrogen) atoms. The molecule has 3 N–H and O–H groups in total. The summed E-state index contributed by atoms with van der Waals surface area (Å²) in [7, 11) is 0. The van der Waals surface area contributed by atoms with Gasteiger partial charge in [0.05, 0.1) is 17.6 Å². The summed E-state index contributed by atoms with van der Waals surface area (Å²) in [6.07, 6.45) is 0. The highest BCUT2D eigenvalue weighted by atomic mass is 32.1. The maximum Gasteiger partial charge on any atom is 0.316 e. The summed E-state index contributed by atoms with van der Waals surface area (Å²) in [6, 6.07) is 5.04. The zero-order chi connectivity index (χ0) is 17.2. The largest absolute Gasteiger partial charge is 0.466 e. The summed E-state index contributed by atoms with van der Waals surface area (Å²) in [5.74, 6) is -1.57. The van der Waals surface area contributed by atoms with E-state index >= 15 is 0 Å². The molecule has 0 aliphatic carbocycles. The first-order chi connectivity index (χ1) is 10.8. The summed E-state index contributed by atoms with van der Waals surface area (Å²) < 4.78 is 5.04. The second-order valence-electron chi connectivity index (χ2n) is 5.30. The number of benzene rings is 1. The van der Waals surface area contributed by atoms with Crippen LogP contribution in [0.25, 0.3) is 0 Å². The molecule has 3 atom stereocenters. The summed E-state index contributed by atoms with van der Waals surface area (Å²) in [5, 5.41) is 27.0. The lowest BCUT2D eigenvalue weighted by atomic mass is 9.83. The van der Waals surface area contributed by atoms with Gasteiger partial charge in [-0.05, 0) is 31.6 Å². The van der Waals surface area contributed by atoms with Crippen molar-refractivity contribution in [1.82, 2.24) is 10.6 Å². The fourth-order valence-corrected chi connectivity index (χ4v) is 2.90. The van der Waals surface area contributed by atoms with E-state index in [1.54, 1.807) is 6.92 Å². The monoisotopic (exact) mass is 339 g/mol. The Kier molecular flexibility index (Phi) is 4.81. The Balaban J connectivity index is 2.40. The summed E-state index contributed by atoms with van der Waals surface area (Å²) in [6.45, 7) is 3.27. The normalized spacial score (nSPS) is 26.8. The lowest BCUT2D eigenvalue weighted by Gasteiger charge is -2.43. The molecule has 1 aromatic rings. The Bertz CT molecular complexity index is 632. The van der Waals surface area contributed by atoms with E-state index in [0.29, 0.717) is 5.56 Å². The highest BCUT2D eigenvalue weighted by Gasteiger charge is 2.48. The number of thiocarbonyl (C=S) groups is 1. The molecule has 0 aromatic heterocycles. The third-order valence-electron chi connectivity index (χ3n) is 3.60. The number of nitro groups is 1. The number of hydrogen-bond acceptors (Lipinski definition) is 6. The van der Waals surface area contributed by atoms with E-state index in [1.165, 1.54) is 31.2 Å². The van der Waals surface area contributed by atoms with Crippen molar-refractivity contribution in [3.05, 3.63) is 39.9 Å². The molecule has 1 aliphatic heterocycles. The number of carbonyl (C=O) groups excluding carboxylic acids is 1. The molecule has 1 heterocycles. The number of hydrogen-bond donors (Lipinski definition) is 3. The topological polar surface area (TPSA) is 114 Å². The van der Waals surface area contributed by atoms with Gasteiger partial charge < -0.3 is 20.5 Å². The van der Waals surface area contributed by atoms with Crippen molar-refractivity contribution in [3.8, 4) is 0 Å². The number of carbonyl (C=O) groups is 1. The van der Waals surface area contributed by atoms with Crippen molar-refractivity contribution < 1.29 is 19.6 Å². The molecule has 9 heteroatoms. The summed E-state index contributed by atoms with van der Waals surface area (Å²) in [5.41, 5.74) is -1.09. The summed E-state index contributed by atoms with van der Waals surface area (Å²) in [4.78, 5) is 22.5. The third-order valence-corrected chi connectivity index (χ3v) is 3.82. The van der Waals surface area contributed by atoms with E-state index in [1.807, 2.05) is 0 Å². The zero-order valence-electron chi connectivity index (χ0n) is 12.6. The fourth-order valence-electron chi connectivity index (χ4n) is 2.57. The van der Waals surface area contributed by atoms with Gasteiger partial charge in [-0.15, -0.1) is 0 Å². The highest BCUT2D eigenvalue weighted by molar-refractivity contribution is 7.80. The van der Waals surface area contributed by atoms with Crippen molar-refractivity contribution in [2.75, 3.05) is 6.61 Å². The molecule has 0 spiro atoms. The van der Waals surface area contributed by atoms with Crippen LogP contribution in [0.4, 0.5) is 5.69 Å². The molecular weight excluding hydrogens is 322 g/mol. The van der Waals surface area contributed by atoms with Gasteiger partial charge in [-0.3, -0.25) is 14.9 Å². The van der Waals surface area contributed by atoms with Crippen LogP contribution in [-0.4, -0.2) is 33.4 Å². The van der Waals surface area contributed by atoms with Gasteiger partial charge >= 0.3 is 5.97 Å². The third kappa shape index (κ3) is 3.57. The molecule has 8 nitrogen and oxygen atoms in total. The van der Waals surface area contributed by atoms with Crippen molar-refractivity contribution in [3.63, 3.8) is 0 Å². The van der Waals surface area contributed by atoms with Gasteiger partial charge in [-0.1, -0.05) is 12.1 Å². The minimum atomic E-state index is -1.61. The number of rotatable bonds is 4. The van der Waals surface area contributed by atoms with E-state index in [-0.39, 0.29) is 17.4 Å². The minimum absolute atomic E-state index is 0.0651. The van der Waals surface area contributed by atoms with Crippen LogP contribution in [0.3, 0.4) is 0 Å². The molecule has 1 saturated heterocycles. The smallest absolute Gasteiger partial charge is 0.316 e. The molecule has 0 saturated carbocycles. The van der Waals surface area contributed by atoms with Gasteiger partial charge in [0.15, 0.2) is 5.11 Å². The van der Waals surface area contributed by atoms with Crippen LogP contribution in [0.5, 0.6) is 0 Å². The van der Waals surface area contributed by atoms with Crippen LogP contribution in [0.15, 0.2) is 24.3 Å². The summed E-state index contributed by atoms with van der Waals surface area (Å²) >= 11 is 5.06. The van der Waals surface area contributed by atoms with E-state index in [0.717, 1.165) is 0 Å². The molecule has 0 radical (unpaired) electrons. The average molecular weight is 339 g/mol. The quantitative estimate of drug-likeness (QED) is 0.322. The van der Waals surface area contributed by atoms with Gasteiger partial charge in [-0.2, -0.15) is 0 Å². The van der Waals surface area contributed by atoms with E-state index in [9.17, 15) is 20.0 Å². The lowest BCUT2D eigenvalue weighted by molar-refractivity contribution is -0.384. The predicted molar refractivity (Wildman–Crippen MR) is 85.5 cm³/mol. The number of non-ortho nitro benzene ring substituents is 1. The fraction of sp³-hybridized carbons (Fsp3) is 0.429. The zero-order valence-corrected chi connectivity index (χ0v) is 13.4. The van der Waals surface area contributed by atoms with E-state index in [4.69, 9.17) is 17.0 Å². The van der Waals surface area contributed by atoms with Gasteiger partial charge in [0.1, 0.15) is 11.6 Å². The number of ether oxygens (including phenoxy) is 1. The molecular formula is C14H17N3O5S.